The Morgan fingerprint density at radius 2 is 2.07 bits per heavy atom. The summed E-state index contributed by atoms with van der Waals surface area (Å²) in [5, 5.41) is 4.11. The van der Waals surface area contributed by atoms with Gasteiger partial charge in [0, 0.05) is 18.5 Å². The first-order valence-corrected chi connectivity index (χ1v) is 8.97. The third kappa shape index (κ3) is 3.56. The number of methoxy groups -OCH3 is 1. The summed E-state index contributed by atoms with van der Waals surface area (Å²) in [6.45, 7) is 2.59. The molecule has 1 unspecified atom stereocenters. The molecule has 1 amide bonds. The fraction of sp³-hybridized carbons (Fsp3) is 0.286. The molecule has 2 aromatic carbocycles. The van der Waals surface area contributed by atoms with Crippen LogP contribution in [0.2, 0.25) is 0 Å². The molecule has 1 atom stereocenters. The van der Waals surface area contributed by atoms with Crippen LogP contribution < -0.4 is 4.74 Å². The molecule has 1 aliphatic heterocycles. The number of hydrogen-bond acceptors (Lipinski definition) is 5. The van der Waals surface area contributed by atoms with Crippen LogP contribution in [0.4, 0.5) is 0 Å². The van der Waals surface area contributed by atoms with Crippen LogP contribution in [0.5, 0.6) is 5.75 Å². The molecule has 4 rings (SSSR count). The van der Waals surface area contributed by atoms with Crippen molar-refractivity contribution >= 4 is 5.91 Å². The lowest BCUT2D eigenvalue weighted by atomic mass is 10.1. The van der Waals surface area contributed by atoms with Crippen LogP contribution in [0.3, 0.4) is 0 Å². The van der Waals surface area contributed by atoms with Gasteiger partial charge in [0.25, 0.3) is 0 Å². The van der Waals surface area contributed by atoms with E-state index < -0.39 is 0 Å². The molecule has 1 aliphatic rings. The fourth-order valence-corrected chi connectivity index (χ4v) is 3.45. The highest BCUT2D eigenvalue weighted by atomic mass is 16.5. The maximum atomic E-state index is 12.4. The van der Waals surface area contributed by atoms with Crippen molar-refractivity contribution in [3.8, 4) is 17.1 Å². The molecule has 1 fully saturated rings. The molecule has 138 valence electrons. The first kappa shape index (κ1) is 17.3. The average molecular weight is 363 g/mol. The molecule has 1 aromatic heterocycles. The van der Waals surface area contributed by atoms with Crippen molar-refractivity contribution < 1.29 is 14.1 Å². The summed E-state index contributed by atoms with van der Waals surface area (Å²) in [6.07, 6.45) is 1.18. The molecule has 6 nitrogen and oxygen atoms in total. The van der Waals surface area contributed by atoms with E-state index >= 15 is 0 Å². The van der Waals surface area contributed by atoms with E-state index in [0.29, 0.717) is 31.1 Å². The number of benzene rings is 2. The van der Waals surface area contributed by atoms with Gasteiger partial charge in [-0.05, 0) is 31.0 Å². The van der Waals surface area contributed by atoms with Gasteiger partial charge in [-0.1, -0.05) is 47.1 Å². The summed E-state index contributed by atoms with van der Waals surface area (Å²) in [6, 6.07) is 15.5. The van der Waals surface area contributed by atoms with Crippen molar-refractivity contribution in [1.29, 1.82) is 0 Å². The fourth-order valence-electron chi connectivity index (χ4n) is 3.45. The van der Waals surface area contributed by atoms with Gasteiger partial charge in [-0.15, -0.1) is 0 Å². The van der Waals surface area contributed by atoms with Crippen LogP contribution in [0.1, 0.15) is 35.9 Å². The van der Waals surface area contributed by atoms with Gasteiger partial charge in [-0.3, -0.25) is 4.79 Å². The highest BCUT2D eigenvalue weighted by Crippen LogP contribution is 2.34. The van der Waals surface area contributed by atoms with Crippen molar-refractivity contribution in [3.63, 3.8) is 0 Å². The number of carbonyl (C=O) groups is 1. The lowest BCUT2D eigenvalue weighted by molar-refractivity contribution is -0.129. The number of aryl methyl sites for hydroxylation is 1. The maximum absolute atomic E-state index is 12.4. The molecule has 1 saturated heterocycles. The van der Waals surface area contributed by atoms with Crippen LogP contribution in [-0.2, 0) is 11.3 Å². The number of nitrogens with zero attached hydrogens (tertiary/aromatic N) is 3. The summed E-state index contributed by atoms with van der Waals surface area (Å²) in [7, 11) is 1.62. The van der Waals surface area contributed by atoms with Crippen molar-refractivity contribution in [3.05, 3.63) is 65.5 Å². The molecule has 0 N–H and O–H groups in total. The predicted molar refractivity (Wildman–Crippen MR) is 100.0 cm³/mol. The highest BCUT2D eigenvalue weighted by Gasteiger charge is 2.36. The van der Waals surface area contributed by atoms with E-state index in [0.717, 1.165) is 16.9 Å². The second kappa shape index (κ2) is 7.23. The largest absolute Gasteiger partial charge is 0.497 e. The third-order valence-corrected chi connectivity index (χ3v) is 4.82. The average Bonchev–Trinajstić information content (AvgIpc) is 3.30. The molecule has 0 radical (unpaired) electrons. The lowest BCUT2D eigenvalue weighted by Gasteiger charge is -2.22. The SMILES string of the molecule is COc1cccc(-c2noc(C3CCC(=O)N3Cc3cccc(C)c3)n2)c1. The minimum Gasteiger partial charge on any atom is -0.497 e. The standard InChI is InChI=1S/C21H21N3O3/c1-14-5-3-6-15(11-14)13-24-18(9-10-19(24)25)21-22-20(23-27-21)16-7-4-8-17(12-16)26-2/h3-8,11-12,18H,9-10,13H2,1-2H3. The number of aromatic nitrogens is 2. The summed E-state index contributed by atoms with van der Waals surface area (Å²) >= 11 is 0. The van der Waals surface area contributed by atoms with Gasteiger partial charge in [0.15, 0.2) is 0 Å². The molecule has 0 spiro atoms. The Morgan fingerprint density at radius 1 is 1.22 bits per heavy atom. The summed E-state index contributed by atoms with van der Waals surface area (Å²) in [5.41, 5.74) is 3.09. The Morgan fingerprint density at radius 3 is 2.89 bits per heavy atom. The van der Waals surface area contributed by atoms with Crippen LogP contribution in [0.25, 0.3) is 11.4 Å². The zero-order valence-corrected chi connectivity index (χ0v) is 15.4. The molecule has 6 heteroatoms. The smallest absolute Gasteiger partial charge is 0.249 e. The van der Waals surface area contributed by atoms with Crippen molar-refractivity contribution in [1.82, 2.24) is 15.0 Å². The molecule has 0 saturated carbocycles. The quantitative estimate of drug-likeness (QED) is 0.687. The second-order valence-corrected chi connectivity index (χ2v) is 6.75. The van der Waals surface area contributed by atoms with Crippen molar-refractivity contribution in [2.45, 2.75) is 32.4 Å². The minimum absolute atomic E-state index is 0.114. The first-order valence-electron chi connectivity index (χ1n) is 8.97. The van der Waals surface area contributed by atoms with Gasteiger partial charge in [-0.2, -0.15) is 4.98 Å². The predicted octanol–water partition coefficient (Wildman–Crippen LogP) is 3.92. The molecular weight excluding hydrogens is 342 g/mol. The van der Waals surface area contributed by atoms with E-state index in [1.165, 1.54) is 5.56 Å². The Bertz CT molecular complexity index is 967. The number of likely N-dealkylation sites (tertiary alicyclic amines) is 1. The molecule has 3 aromatic rings. The Balaban J connectivity index is 1.58. The Labute approximate surface area is 157 Å². The number of ether oxygens (including phenoxy) is 1. The van der Waals surface area contributed by atoms with E-state index in [4.69, 9.17) is 9.26 Å². The van der Waals surface area contributed by atoms with Gasteiger partial charge >= 0.3 is 0 Å². The first-order chi connectivity index (χ1) is 13.1. The normalized spacial score (nSPS) is 16.7. The number of carbonyl (C=O) groups excluding carboxylic acids is 1. The zero-order valence-electron chi connectivity index (χ0n) is 15.4. The molecule has 0 bridgehead atoms. The van der Waals surface area contributed by atoms with Gasteiger partial charge in [0.2, 0.25) is 17.6 Å². The highest BCUT2D eigenvalue weighted by molar-refractivity contribution is 5.78. The van der Waals surface area contributed by atoms with E-state index in [1.54, 1.807) is 7.11 Å². The van der Waals surface area contributed by atoms with Gasteiger partial charge in [0.1, 0.15) is 11.8 Å². The van der Waals surface area contributed by atoms with Gasteiger partial charge < -0.3 is 14.2 Å². The molecular formula is C21H21N3O3. The van der Waals surface area contributed by atoms with E-state index in [-0.39, 0.29) is 11.9 Å². The second-order valence-electron chi connectivity index (χ2n) is 6.75. The summed E-state index contributed by atoms with van der Waals surface area (Å²) in [4.78, 5) is 18.8. The van der Waals surface area contributed by atoms with Crippen molar-refractivity contribution in [2.24, 2.45) is 0 Å². The zero-order chi connectivity index (χ0) is 18.8. The minimum atomic E-state index is -0.190. The summed E-state index contributed by atoms with van der Waals surface area (Å²) < 4.78 is 10.8. The lowest BCUT2D eigenvalue weighted by Crippen LogP contribution is -2.27. The molecule has 2 heterocycles. The van der Waals surface area contributed by atoms with Gasteiger partial charge in [-0.25, -0.2) is 0 Å². The Kier molecular flexibility index (Phi) is 4.62. The van der Waals surface area contributed by atoms with E-state index in [2.05, 4.69) is 16.2 Å². The van der Waals surface area contributed by atoms with E-state index in [1.807, 2.05) is 54.3 Å². The Hall–Kier alpha value is -3.15. The third-order valence-electron chi connectivity index (χ3n) is 4.82. The number of rotatable bonds is 5. The van der Waals surface area contributed by atoms with Crippen LogP contribution in [-0.4, -0.2) is 28.1 Å². The van der Waals surface area contributed by atoms with Gasteiger partial charge in [0.05, 0.1) is 7.11 Å². The number of hydrogen-bond donors (Lipinski definition) is 0. The topological polar surface area (TPSA) is 68.5 Å². The number of amides is 1. The molecule has 0 aliphatic carbocycles. The van der Waals surface area contributed by atoms with Crippen molar-refractivity contribution in [2.75, 3.05) is 7.11 Å². The summed E-state index contributed by atoms with van der Waals surface area (Å²) in [5.74, 6) is 1.82. The van der Waals surface area contributed by atoms with Crippen LogP contribution in [0.15, 0.2) is 53.1 Å². The maximum Gasteiger partial charge on any atom is 0.249 e. The van der Waals surface area contributed by atoms with Crippen LogP contribution >= 0.6 is 0 Å². The molecule has 27 heavy (non-hydrogen) atoms. The van der Waals surface area contributed by atoms with E-state index in [9.17, 15) is 4.79 Å². The monoisotopic (exact) mass is 363 g/mol. The van der Waals surface area contributed by atoms with Crippen LogP contribution in [0, 0.1) is 6.92 Å².